The second kappa shape index (κ2) is 15.4. The summed E-state index contributed by atoms with van der Waals surface area (Å²) in [6.45, 7) is 10.3. The molecule has 0 radical (unpaired) electrons. The average Bonchev–Trinajstić information content (AvgIpc) is 3.59. The molecule has 1 saturated carbocycles. The molecule has 1 unspecified atom stereocenters. The van der Waals surface area contributed by atoms with E-state index in [-0.39, 0.29) is 64.9 Å². The highest BCUT2D eigenvalue weighted by Gasteiger charge is 2.62. The molecule has 1 N–H and O–H groups in total. The van der Waals surface area contributed by atoms with E-state index in [1.807, 2.05) is 30.4 Å². The van der Waals surface area contributed by atoms with Gasteiger partial charge in [0.15, 0.2) is 10.8 Å². The van der Waals surface area contributed by atoms with Crippen molar-refractivity contribution in [1.82, 2.24) is 29.4 Å². The molecule has 290 valence electrons. The van der Waals surface area contributed by atoms with Gasteiger partial charge in [-0.2, -0.15) is 21.6 Å². The van der Waals surface area contributed by atoms with Crippen molar-refractivity contribution in [3.8, 4) is 11.7 Å². The number of carbonyl (C=O) groups is 2. The first-order valence-corrected chi connectivity index (χ1v) is 19.5. The van der Waals surface area contributed by atoms with Crippen molar-refractivity contribution >= 4 is 33.6 Å². The molecule has 17 heteroatoms. The van der Waals surface area contributed by atoms with Crippen LogP contribution in [0.3, 0.4) is 0 Å². The third kappa shape index (κ3) is 10.2. The van der Waals surface area contributed by atoms with Crippen LogP contribution in [0.5, 0.6) is 5.88 Å². The minimum absolute atomic E-state index is 0.0862. The van der Waals surface area contributed by atoms with E-state index in [1.165, 1.54) is 41.3 Å². The molecule has 3 aromatic heterocycles. The maximum Gasteiger partial charge on any atom is 0.410 e. The summed E-state index contributed by atoms with van der Waals surface area (Å²) in [5, 5.41) is 3.51. The Morgan fingerprint density at radius 2 is 1.79 bits per heavy atom. The number of likely N-dealkylation sites (tertiary alicyclic amines) is 1. The van der Waals surface area contributed by atoms with Crippen LogP contribution < -0.4 is 9.46 Å². The lowest BCUT2D eigenvalue weighted by atomic mass is 9.92. The van der Waals surface area contributed by atoms with Gasteiger partial charge >= 0.3 is 12.3 Å². The Hall–Kier alpha value is -3.92. The molecule has 0 bridgehead atoms. The largest absolute Gasteiger partial charge is 0.477 e. The molecule has 1 aliphatic heterocycles. The van der Waals surface area contributed by atoms with E-state index in [4.69, 9.17) is 21.1 Å². The monoisotopic (exact) mass is 782 g/mol. The zero-order valence-electron chi connectivity index (χ0n) is 30.5. The van der Waals surface area contributed by atoms with Crippen molar-refractivity contribution in [2.75, 3.05) is 13.2 Å². The van der Waals surface area contributed by atoms with Crippen molar-refractivity contribution < 1.29 is 40.7 Å². The van der Waals surface area contributed by atoms with Crippen molar-refractivity contribution in [1.29, 1.82) is 0 Å². The summed E-state index contributed by atoms with van der Waals surface area (Å²) in [6, 6.07) is 7.11. The molecule has 1 saturated heterocycles. The number of pyridine rings is 2. The van der Waals surface area contributed by atoms with Gasteiger partial charge in [0.25, 0.3) is 15.9 Å². The standard InChI is InChI=1S/C36H46ClF3N6O6S/c1-33(2,3)52-32(48)45-23-25(21-34(45,4)5)10-8-6-7-9-24-11-14-29(41-22-24)53(49,50)44-31(47)26-12-13-27(42-30(26)37)46-19-15-28(43-46)51-20-18-35(16-17-35)36(38,39)40/h11-15,19,22,25H,6-10,16-18,20-21,23H2,1-5H3,(H,44,47). The maximum atomic E-state index is 13.2. The normalized spacial score (nSPS) is 18.1. The first-order chi connectivity index (χ1) is 24.7. The number of nitrogens with one attached hydrogen (secondary N) is 1. The first-order valence-electron chi connectivity index (χ1n) is 17.6. The second-order valence-electron chi connectivity index (χ2n) is 15.5. The van der Waals surface area contributed by atoms with E-state index >= 15 is 0 Å². The van der Waals surface area contributed by atoms with Crippen LogP contribution in [0.4, 0.5) is 18.0 Å². The van der Waals surface area contributed by atoms with Crippen LogP contribution in [0.15, 0.2) is 47.8 Å². The number of ether oxygens (including phenoxy) is 2. The lowest BCUT2D eigenvalue weighted by Gasteiger charge is -2.33. The van der Waals surface area contributed by atoms with Crippen LogP contribution in [0, 0.1) is 11.3 Å². The lowest BCUT2D eigenvalue weighted by molar-refractivity contribution is -0.190. The summed E-state index contributed by atoms with van der Waals surface area (Å²) in [6.07, 6.45) is 3.87. The Balaban J connectivity index is 1.06. The fraction of sp³-hybridized carbons (Fsp3) is 0.583. The van der Waals surface area contributed by atoms with E-state index in [9.17, 15) is 31.2 Å². The number of amides is 2. The number of hydrogen-bond donors (Lipinski definition) is 1. The van der Waals surface area contributed by atoms with Gasteiger partial charge < -0.3 is 14.4 Å². The Morgan fingerprint density at radius 1 is 1.06 bits per heavy atom. The number of aryl methyl sites for hydroxylation is 1. The topological polar surface area (TPSA) is 146 Å². The van der Waals surface area contributed by atoms with Crippen LogP contribution in [0.25, 0.3) is 5.82 Å². The molecular weight excluding hydrogens is 737 g/mol. The molecule has 5 rings (SSSR count). The van der Waals surface area contributed by atoms with Gasteiger partial charge in [-0.05, 0) is 109 Å². The predicted molar refractivity (Wildman–Crippen MR) is 190 cm³/mol. The molecule has 53 heavy (non-hydrogen) atoms. The highest BCUT2D eigenvalue weighted by molar-refractivity contribution is 7.90. The third-order valence-corrected chi connectivity index (χ3v) is 11.1. The second-order valence-corrected chi connectivity index (χ2v) is 17.5. The number of sulfonamides is 1. The minimum atomic E-state index is -4.33. The molecule has 4 heterocycles. The molecule has 12 nitrogen and oxygen atoms in total. The van der Waals surface area contributed by atoms with E-state index in [0.29, 0.717) is 18.9 Å². The number of unbranched alkanes of at least 4 members (excludes halogenated alkanes) is 2. The average molecular weight is 783 g/mol. The zero-order valence-corrected chi connectivity index (χ0v) is 32.1. The van der Waals surface area contributed by atoms with Crippen molar-refractivity contribution in [2.24, 2.45) is 11.3 Å². The van der Waals surface area contributed by atoms with Crippen LogP contribution in [-0.2, 0) is 21.2 Å². The van der Waals surface area contributed by atoms with Gasteiger partial charge in [-0.25, -0.2) is 24.2 Å². The quantitative estimate of drug-likeness (QED) is 0.129. The molecule has 3 aromatic rings. The Kier molecular flexibility index (Phi) is 11.7. The number of rotatable bonds is 14. The zero-order chi connectivity index (χ0) is 38.8. The van der Waals surface area contributed by atoms with Crippen LogP contribution in [0.1, 0.15) is 102 Å². The van der Waals surface area contributed by atoms with Gasteiger partial charge in [-0.15, -0.1) is 5.10 Å². The van der Waals surface area contributed by atoms with E-state index in [2.05, 4.69) is 28.9 Å². The molecule has 0 spiro atoms. The number of aromatic nitrogens is 4. The Morgan fingerprint density at radius 3 is 2.42 bits per heavy atom. The van der Waals surface area contributed by atoms with Crippen molar-refractivity contribution in [2.45, 2.75) is 115 Å². The number of alkyl halides is 3. The smallest absolute Gasteiger partial charge is 0.410 e. The summed E-state index contributed by atoms with van der Waals surface area (Å²) < 4.78 is 79.6. The Labute approximate surface area is 312 Å². The highest BCUT2D eigenvalue weighted by Crippen LogP contribution is 2.59. The van der Waals surface area contributed by atoms with Gasteiger partial charge in [0.2, 0.25) is 5.88 Å². The molecule has 0 aromatic carbocycles. The van der Waals surface area contributed by atoms with Gasteiger partial charge in [0.1, 0.15) is 10.8 Å². The molecule has 2 aliphatic rings. The van der Waals surface area contributed by atoms with Crippen LogP contribution in [0.2, 0.25) is 5.15 Å². The molecule has 1 aliphatic carbocycles. The maximum absolute atomic E-state index is 13.2. The van der Waals surface area contributed by atoms with E-state index < -0.39 is 33.1 Å². The van der Waals surface area contributed by atoms with Crippen LogP contribution in [-0.4, -0.2) is 75.5 Å². The van der Waals surface area contributed by atoms with Gasteiger partial charge in [0, 0.05) is 30.5 Å². The number of hydrogen-bond acceptors (Lipinski definition) is 9. The summed E-state index contributed by atoms with van der Waals surface area (Å²) in [5.74, 6) is -0.354. The lowest BCUT2D eigenvalue weighted by Crippen LogP contribution is -2.45. The molecule has 2 fully saturated rings. The number of halogens is 4. The summed E-state index contributed by atoms with van der Waals surface area (Å²) in [7, 11) is -4.33. The number of nitrogens with zero attached hydrogens (tertiary/aromatic N) is 5. The van der Waals surface area contributed by atoms with E-state index in [1.54, 1.807) is 6.07 Å². The molecular formula is C36H46ClF3N6O6S. The summed E-state index contributed by atoms with van der Waals surface area (Å²) in [4.78, 5) is 35.6. The SMILES string of the molecule is CC(C)(C)OC(=O)N1CC(CCCCCc2ccc(S(=O)(=O)NC(=O)c3ccc(-n4ccc(OCCC5(C(F)(F)F)CC5)n4)nc3Cl)nc2)CC1(C)C. The molecule has 2 amide bonds. The van der Waals surface area contributed by atoms with Gasteiger partial charge in [-0.3, -0.25) is 4.79 Å². The van der Waals surface area contributed by atoms with Crippen molar-refractivity contribution in [3.05, 3.63) is 59.0 Å². The van der Waals surface area contributed by atoms with Gasteiger partial charge in [0.05, 0.1) is 17.6 Å². The number of carbonyl (C=O) groups excluding carboxylic acids is 2. The highest BCUT2D eigenvalue weighted by atomic mass is 35.5. The third-order valence-electron chi connectivity index (χ3n) is 9.61. The summed E-state index contributed by atoms with van der Waals surface area (Å²) >= 11 is 6.24. The van der Waals surface area contributed by atoms with E-state index in [0.717, 1.165) is 37.7 Å². The Bertz CT molecular complexity index is 1890. The predicted octanol–water partition coefficient (Wildman–Crippen LogP) is 7.68. The fourth-order valence-corrected chi connectivity index (χ4v) is 7.65. The van der Waals surface area contributed by atoms with Crippen LogP contribution >= 0.6 is 11.6 Å². The van der Waals surface area contributed by atoms with Gasteiger partial charge in [-0.1, -0.05) is 30.5 Å². The van der Waals surface area contributed by atoms with Crippen molar-refractivity contribution in [3.63, 3.8) is 0 Å². The summed E-state index contributed by atoms with van der Waals surface area (Å²) in [5.41, 5.74) is -1.83. The molecule has 1 atom stereocenters. The first kappa shape index (κ1) is 40.3. The minimum Gasteiger partial charge on any atom is -0.477 e. The fourth-order valence-electron chi connectivity index (χ4n) is 6.52.